The summed E-state index contributed by atoms with van der Waals surface area (Å²) in [4.78, 5) is 8.39. The molecule has 1 saturated carbocycles. The van der Waals surface area contributed by atoms with Crippen molar-refractivity contribution in [3.8, 4) is 0 Å². The molecule has 0 saturated heterocycles. The summed E-state index contributed by atoms with van der Waals surface area (Å²) in [6, 6.07) is 0. The highest BCUT2D eigenvalue weighted by Gasteiger charge is 2.32. The minimum Gasteiger partial charge on any atom is -0.383 e. The maximum atomic E-state index is 5.91. The number of hydrogen-bond donors (Lipinski definition) is 2. The van der Waals surface area contributed by atoms with E-state index in [0.29, 0.717) is 11.7 Å². The van der Waals surface area contributed by atoms with Gasteiger partial charge in [-0.2, -0.15) is 0 Å². The highest BCUT2D eigenvalue weighted by molar-refractivity contribution is 5.57. The van der Waals surface area contributed by atoms with Crippen LogP contribution < -0.4 is 11.1 Å². The first-order valence-corrected chi connectivity index (χ1v) is 5.90. The van der Waals surface area contributed by atoms with Crippen molar-refractivity contribution in [2.24, 2.45) is 0 Å². The molecule has 1 aromatic rings. The van der Waals surface area contributed by atoms with E-state index in [9.17, 15) is 0 Å². The molecule has 1 heterocycles. The van der Waals surface area contributed by atoms with Crippen molar-refractivity contribution in [1.82, 2.24) is 9.97 Å². The van der Waals surface area contributed by atoms with Crippen LogP contribution in [0.15, 0.2) is 6.33 Å². The van der Waals surface area contributed by atoms with E-state index < -0.39 is 0 Å². The van der Waals surface area contributed by atoms with Gasteiger partial charge in [-0.1, -0.05) is 13.8 Å². The average Bonchev–Trinajstić information content (AvgIpc) is 2.14. The molecule has 0 unspecified atom stereocenters. The van der Waals surface area contributed by atoms with Gasteiger partial charge in [-0.15, -0.1) is 0 Å². The number of nitrogen functional groups attached to an aromatic ring is 1. The lowest BCUT2D eigenvalue weighted by Gasteiger charge is -2.40. The van der Waals surface area contributed by atoms with Crippen LogP contribution in [0, 0.1) is 0 Å². The van der Waals surface area contributed by atoms with Gasteiger partial charge >= 0.3 is 0 Å². The van der Waals surface area contributed by atoms with Crippen molar-refractivity contribution < 1.29 is 0 Å². The van der Waals surface area contributed by atoms with E-state index in [0.717, 1.165) is 11.4 Å². The third kappa shape index (κ3) is 1.96. The molecule has 4 nitrogen and oxygen atoms in total. The topological polar surface area (TPSA) is 63.8 Å². The largest absolute Gasteiger partial charge is 0.383 e. The fraction of sp³-hybridized carbons (Fsp3) is 0.667. The van der Waals surface area contributed by atoms with E-state index in [2.05, 4.69) is 36.1 Å². The summed E-state index contributed by atoms with van der Waals surface area (Å²) in [5.74, 6) is 1.84. The Hall–Kier alpha value is -1.32. The number of hydrogen-bond acceptors (Lipinski definition) is 4. The monoisotopic (exact) mass is 220 g/mol. The second kappa shape index (κ2) is 3.92. The minimum absolute atomic E-state index is 0.199. The van der Waals surface area contributed by atoms with Crippen molar-refractivity contribution in [2.75, 3.05) is 11.1 Å². The molecule has 4 heteroatoms. The molecule has 0 bridgehead atoms. The second-order valence-electron chi connectivity index (χ2n) is 5.22. The Morgan fingerprint density at radius 1 is 1.38 bits per heavy atom. The molecular weight excluding hydrogens is 200 g/mol. The Labute approximate surface area is 96.7 Å². The summed E-state index contributed by atoms with van der Waals surface area (Å²) < 4.78 is 0. The molecule has 0 spiro atoms. The summed E-state index contributed by atoms with van der Waals surface area (Å²) in [6.07, 6.45) is 5.23. The molecule has 0 atom stereocenters. The molecule has 88 valence electrons. The van der Waals surface area contributed by atoms with Crippen LogP contribution in [0.1, 0.15) is 51.5 Å². The second-order valence-corrected chi connectivity index (χ2v) is 5.22. The molecule has 0 radical (unpaired) electrons. The smallest absolute Gasteiger partial charge is 0.135 e. The average molecular weight is 220 g/mol. The van der Waals surface area contributed by atoms with E-state index in [-0.39, 0.29) is 5.54 Å². The van der Waals surface area contributed by atoms with Crippen LogP contribution in [0.5, 0.6) is 0 Å². The van der Waals surface area contributed by atoms with Crippen LogP contribution in [0.4, 0.5) is 11.6 Å². The SMILES string of the molecule is CC(C)c1c(N)ncnc1NC1(C)CCC1. The van der Waals surface area contributed by atoms with Crippen molar-refractivity contribution in [3.05, 3.63) is 11.9 Å². The van der Waals surface area contributed by atoms with Crippen LogP contribution in [-0.4, -0.2) is 15.5 Å². The summed E-state index contributed by atoms with van der Waals surface area (Å²) in [6.45, 7) is 6.46. The van der Waals surface area contributed by atoms with Gasteiger partial charge in [-0.25, -0.2) is 9.97 Å². The molecule has 2 rings (SSSR count). The highest BCUT2D eigenvalue weighted by atomic mass is 15.1. The molecule has 1 aromatic heterocycles. The van der Waals surface area contributed by atoms with Gasteiger partial charge in [-0.3, -0.25) is 0 Å². The lowest BCUT2D eigenvalue weighted by Crippen LogP contribution is -2.42. The van der Waals surface area contributed by atoms with Gasteiger partial charge in [0.15, 0.2) is 0 Å². The van der Waals surface area contributed by atoms with Crippen molar-refractivity contribution in [1.29, 1.82) is 0 Å². The van der Waals surface area contributed by atoms with Gasteiger partial charge in [0.1, 0.15) is 18.0 Å². The molecule has 1 aliphatic carbocycles. The van der Waals surface area contributed by atoms with Crippen molar-refractivity contribution in [2.45, 2.75) is 51.5 Å². The van der Waals surface area contributed by atoms with Crippen molar-refractivity contribution >= 4 is 11.6 Å². The van der Waals surface area contributed by atoms with E-state index in [1.165, 1.54) is 25.6 Å². The first-order valence-electron chi connectivity index (χ1n) is 5.90. The van der Waals surface area contributed by atoms with E-state index in [4.69, 9.17) is 5.73 Å². The number of nitrogens with zero attached hydrogens (tertiary/aromatic N) is 2. The fourth-order valence-electron chi connectivity index (χ4n) is 2.20. The van der Waals surface area contributed by atoms with Crippen LogP contribution in [0.3, 0.4) is 0 Å². The predicted molar refractivity (Wildman–Crippen MR) is 66.4 cm³/mol. The normalized spacial score (nSPS) is 18.2. The van der Waals surface area contributed by atoms with E-state index in [1.807, 2.05) is 0 Å². The predicted octanol–water partition coefficient (Wildman–Crippen LogP) is 2.54. The molecule has 0 aliphatic heterocycles. The van der Waals surface area contributed by atoms with E-state index in [1.54, 1.807) is 0 Å². The first kappa shape index (κ1) is 11.2. The molecule has 16 heavy (non-hydrogen) atoms. The van der Waals surface area contributed by atoms with Crippen molar-refractivity contribution in [3.63, 3.8) is 0 Å². The zero-order chi connectivity index (χ0) is 11.8. The van der Waals surface area contributed by atoms with Gasteiger partial charge in [0, 0.05) is 11.1 Å². The Morgan fingerprint density at radius 3 is 2.56 bits per heavy atom. The lowest BCUT2D eigenvalue weighted by atomic mass is 9.78. The number of nitrogens with two attached hydrogens (primary N) is 1. The maximum absolute atomic E-state index is 5.91. The van der Waals surface area contributed by atoms with Gasteiger partial charge < -0.3 is 11.1 Å². The molecule has 0 aromatic carbocycles. The molecule has 1 fully saturated rings. The van der Waals surface area contributed by atoms with Gasteiger partial charge in [0.25, 0.3) is 0 Å². The summed E-state index contributed by atoms with van der Waals surface area (Å²) in [5, 5.41) is 3.51. The standard InChI is InChI=1S/C12H20N4/c1-8(2)9-10(13)14-7-15-11(9)16-12(3)5-4-6-12/h7-8H,4-6H2,1-3H3,(H3,13,14,15,16). The minimum atomic E-state index is 0.199. The number of aromatic nitrogens is 2. The molecular formula is C12H20N4. The van der Waals surface area contributed by atoms with E-state index >= 15 is 0 Å². The fourth-order valence-corrected chi connectivity index (χ4v) is 2.20. The quantitative estimate of drug-likeness (QED) is 0.821. The third-order valence-corrected chi connectivity index (χ3v) is 3.37. The Balaban J connectivity index is 2.29. The van der Waals surface area contributed by atoms with Gasteiger partial charge in [0.2, 0.25) is 0 Å². The lowest BCUT2D eigenvalue weighted by molar-refractivity contribution is 0.305. The molecule has 1 aliphatic rings. The summed E-state index contributed by atoms with van der Waals surface area (Å²) in [5.41, 5.74) is 7.15. The third-order valence-electron chi connectivity index (χ3n) is 3.37. The number of anilines is 2. The molecule has 3 N–H and O–H groups in total. The molecule has 0 amide bonds. The number of nitrogens with one attached hydrogen (secondary N) is 1. The van der Waals surface area contributed by atoms with Crippen LogP contribution in [-0.2, 0) is 0 Å². The zero-order valence-electron chi connectivity index (χ0n) is 10.2. The Bertz CT molecular complexity index is 383. The Kier molecular flexibility index (Phi) is 2.74. The zero-order valence-corrected chi connectivity index (χ0v) is 10.2. The first-order chi connectivity index (χ1) is 7.52. The van der Waals surface area contributed by atoms with Crippen LogP contribution >= 0.6 is 0 Å². The van der Waals surface area contributed by atoms with Gasteiger partial charge in [-0.05, 0) is 32.1 Å². The van der Waals surface area contributed by atoms with Crippen LogP contribution in [0.25, 0.3) is 0 Å². The Morgan fingerprint density at radius 2 is 2.06 bits per heavy atom. The van der Waals surface area contributed by atoms with Gasteiger partial charge in [0.05, 0.1) is 0 Å². The highest BCUT2D eigenvalue weighted by Crippen LogP contribution is 2.36. The summed E-state index contributed by atoms with van der Waals surface area (Å²) >= 11 is 0. The maximum Gasteiger partial charge on any atom is 0.135 e. The summed E-state index contributed by atoms with van der Waals surface area (Å²) in [7, 11) is 0. The van der Waals surface area contributed by atoms with Crippen LogP contribution in [0.2, 0.25) is 0 Å². The number of rotatable bonds is 3.